The van der Waals surface area contributed by atoms with Gasteiger partial charge in [-0.05, 0) is 25.5 Å². The van der Waals surface area contributed by atoms with Crippen LogP contribution in [0.25, 0.3) is 0 Å². The Morgan fingerprint density at radius 2 is 1.82 bits per heavy atom. The molecule has 0 fully saturated rings. The van der Waals surface area contributed by atoms with Crippen LogP contribution in [-0.4, -0.2) is 9.97 Å². The van der Waals surface area contributed by atoms with Crippen molar-refractivity contribution < 1.29 is 0 Å². The van der Waals surface area contributed by atoms with Crippen molar-refractivity contribution >= 4 is 0 Å². The minimum absolute atomic E-state index is 0.773. The van der Waals surface area contributed by atoms with Crippen LogP contribution in [0.4, 0.5) is 0 Å². The lowest BCUT2D eigenvalue weighted by Gasteiger charge is -2.06. The van der Waals surface area contributed by atoms with Crippen molar-refractivity contribution in [2.75, 3.05) is 0 Å². The number of rotatable bonds is 4. The van der Waals surface area contributed by atoms with Crippen LogP contribution in [0, 0.1) is 13.8 Å². The predicted molar refractivity (Wildman–Crippen MR) is 68.5 cm³/mol. The van der Waals surface area contributed by atoms with Gasteiger partial charge in [0.05, 0.1) is 5.69 Å². The molecule has 2 rings (SSSR count). The maximum absolute atomic E-state index is 4.17. The molecular weight excluding hydrogens is 210 g/mol. The summed E-state index contributed by atoms with van der Waals surface area (Å²) in [5.41, 5.74) is 4.95. The highest BCUT2D eigenvalue weighted by atomic mass is 14.9. The first-order chi connectivity index (χ1) is 8.24. The van der Waals surface area contributed by atoms with Gasteiger partial charge in [0.1, 0.15) is 6.33 Å². The molecule has 1 aromatic carbocycles. The van der Waals surface area contributed by atoms with E-state index in [9.17, 15) is 0 Å². The number of nitrogens with zero attached hydrogens (tertiary/aromatic N) is 2. The van der Waals surface area contributed by atoms with E-state index in [2.05, 4.69) is 47.3 Å². The fourth-order valence-electron chi connectivity index (χ4n) is 1.93. The van der Waals surface area contributed by atoms with Crippen molar-refractivity contribution in [2.24, 2.45) is 0 Å². The van der Waals surface area contributed by atoms with Crippen LogP contribution in [0.1, 0.15) is 22.4 Å². The highest BCUT2D eigenvalue weighted by Gasteiger charge is 1.97. The first kappa shape index (κ1) is 11.7. The molecule has 1 N–H and O–H groups in total. The summed E-state index contributed by atoms with van der Waals surface area (Å²) in [6.07, 6.45) is 3.34. The first-order valence-electron chi connectivity index (χ1n) is 5.77. The van der Waals surface area contributed by atoms with Crippen molar-refractivity contribution in [1.82, 2.24) is 15.3 Å². The molecule has 88 valence electrons. The standard InChI is InChI=1S/C14H17N3/c1-11-5-12(2)7-13(6-11)8-16-9-14-3-4-15-10-17-14/h3-7,10,16H,8-9H2,1-2H3. The average Bonchev–Trinajstić information content (AvgIpc) is 2.29. The Labute approximate surface area is 102 Å². The summed E-state index contributed by atoms with van der Waals surface area (Å²) in [6, 6.07) is 8.53. The molecule has 0 bridgehead atoms. The Morgan fingerprint density at radius 1 is 1.06 bits per heavy atom. The smallest absolute Gasteiger partial charge is 0.115 e. The van der Waals surface area contributed by atoms with Gasteiger partial charge >= 0.3 is 0 Å². The Bertz CT molecular complexity index is 460. The van der Waals surface area contributed by atoms with Crippen LogP contribution >= 0.6 is 0 Å². The van der Waals surface area contributed by atoms with Crippen LogP contribution in [0.3, 0.4) is 0 Å². The van der Waals surface area contributed by atoms with E-state index in [1.807, 2.05) is 6.07 Å². The maximum atomic E-state index is 4.17. The molecule has 3 nitrogen and oxygen atoms in total. The Balaban J connectivity index is 1.90. The first-order valence-corrected chi connectivity index (χ1v) is 5.77. The number of benzene rings is 1. The van der Waals surface area contributed by atoms with Gasteiger partial charge in [-0.3, -0.25) is 0 Å². The van der Waals surface area contributed by atoms with Gasteiger partial charge in [0.2, 0.25) is 0 Å². The third-order valence-corrected chi connectivity index (χ3v) is 2.56. The monoisotopic (exact) mass is 227 g/mol. The van der Waals surface area contributed by atoms with E-state index in [1.165, 1.54) is 16.7 Å². The number of aryl methyl sites for hydroxylation is 2. The lowest BCUT2D eigenvalue weighted by molar-refractivity contribution is 0.677. The van der Waals surface area contributed by atoms with E-state index in [4.69, 9.17) is 0 Å². The molecule has 0 radical (unpaired) electrons. The average molecular weight is 227 g/mol. The SMILES string of the molecule is Cc1cc(C)cc(CNCc2ccncn2)c1. The highest BCUT2D eigenvalue weighted by Crippen LogP contribution is 2.08. The predicted octanol–water partition coefficient (Wildman–Crippen LogP) is 2.38. The van der Waals surface area contributed by atoms with E-state index < -0.39 is 0 Å². The molecule has 0 spiro atoms. The van der Waals surface area contributed by atoms with Crippen molar-refractivity contribution in [3.05, 3.63) is 59.2 Å². The lowest BCUT2D eigenvalue weighted by Crippen LogP contribution is -2.13. The van der Waals surface area contributed by atoms with E-state index >= 15 is 0 Å². The molecule has 0 aliphatic carbocycles. The number of nitrogens with one attached hydrogen (secondary N) is 1. The van der Waals surface area contributed by atoms with Crippen LogP contribution in [-0.2, 0) is 13.1 Å². The Kier molecular flexibility index (Phi) is 3.83. The summed E-state index contributed by atoms with van der Waals surface area (Å²) in [7, 11) is 0. The van der Waals surface area contributed by atoms with Gasteiger partial charge in [-0.15, -0.1) is 0 Å². The van der Waals surface area contributed by atoms with E-state index in [0.717, 1.165) is 18.8 Å². The summed E-state index contributed by atoms with van der Waals surface area (Å²) < 4.78 is 0. The summed E-state index contributed by atoms with van der Waals surface area (Å²) in [4.78, 5) is 8.07. The lowest BCUT2D eigenvalue weighted by atomic mass is 10.1. The van der Waals surface area contributed by atoms with Crippen molar-refractivity contribution in [3.63, 3.8) is 0 Å². The normalized spacial score (nSPS) is 10.5. The second kappa shape index (κ2) is 5.55. The minimum Gasteiger partial charge on any atom is -0.307 e. The van der Waals surface area contributed by atoms with Gasteiger partial charge in [-0.2, -0.15) is 0 Å². The van der Waals surface area contributed by atoms with Crippen LogP contribution < -0.4 is 5.32 Å². The summed E-state index contributed by atoms with van der Waals surface area (Å²) in [5, 5.41) is 3.38. The number of hydrogen-bond acceptors (Lipinski definition) is 3. The Morgan fingerprint density at radius 3 is 2.47 bits per heavy atom. The molecule has 0 aliphatic heterocycles. The molecule has 17 heavy (non-hydrogen) atoms. The summed E-state index contributed by atoms with van der Waals surface area (Å²) in [5.74, 6) is 0. The molecule has 1 heterocycles. The molecule has 3 heteroatoms. The van der Waals surface area contributed by atoms with Crippen LogP contribution in [0.2, 0.25) is 0 Å². The largest absolute Gasteiger partial charge is 0.307 e. The zero-order valence-electron chi connectivity index (χ0n) is 10.3. The van der Waals surface area contributed by atoms with Crippen molar-refractivity contribution in [2.45, 2.75) is 26.9 Å². The Hall–Kier alpha value is -1.74. The minimum atomic E-state index is 0.773. The van der Waals surface area contributed by atoms with Crippen molar-refractivity contribution in [1.29, 1.82) is 0 Å². The third-order valence-electron chi connectivity index (χ3n) is 2.56. The second-order valence-corrected chi connectivity index (χ2v) is 4.30. The molecule has 0 amide bonds. The molecule has 1 aromatic heterocycles. The molecular formula is C14H17N3. The van der Waals surface area contributed by atoms with Gasteiger partial charge in [-0.25, -0.2) is 9.97 Å². The third kappa shape index (κ3) is 3.64. The maximum Gasteiger partial charge on any atom is 0.115 e. The zero-order chi connectivity index (χ0) is 12.1. The van der Waals surface area contributed by atoms with Gasteiger partial charge in [0, 0.05) is 19.3 Å². The summed E-state index contributed by atoms with van der Waals surface area (Å²) in [6.45, 7) is 5.89. The van der Waals surface area contributed by atoms with Gasteiger partial charge < -0.3 is 5.32 Å². The molecule has 0 atom stereocenters. The fourth-order valence-corrected chi connectivity index (χ4v) is 1.93. The zero-order valence-corrected chi connectivity index (χ0v) is 10.3. The van der Waals surface area contributed by atoms with E-state index in [0.29, 0.717) is 0 Å². The van der Waals surface area contributed by atoms with Gasteiger partial charge in [-0.1, -0.05) is 29.3 Å². The van der Waals surface area contributed by atoms with Gasteiger partial charge in [0.25, 0.3) is 0 Å². The van der Waals surface area contributed by atoms with E-state index in [-0.39, 0.29) is 0 Å². The molecule has 0 aliphatic rings. The topological polar surface area (TPSA) is 37.8 Å². The number of aromatic nitrogens is 2. The fraction of sp³-hybridized carbons (Fsp3) is 0.286. The van der Waals surface area contributed by atoms with Crippen LogP contribution in [0.15, 0.2) is 36.8 Å². The van der Waals surface area contributed by atoms with E-state index in [1.54, 1.807) is 12.5 Å². The summed E-state index contributed by atoms with van der Waals surface area (Å²) >= 11 is 0. The van der Waals surface area contributed by atoms with Gasteiger partial charge in [0.15, 0.2) is 0 Å². The quantitative estimate of drug-likeness (QED) is 0.871. The molecule has 0 saturated carbocycles. The highest BCUT2D eigenvalue weighted by molar-refractivity contribution is 5.28. The molecule has 2 aromatic rings. The van der Waals surface area contributed by atoms with Crippen molar-refractivity contribution in [3.8, 4) is 0 Å². The molecule has 0 unspecified atom stereocenters. The van der Waals surface area contributed by atoms with Crippen LogP contribution in [0.5, 0.6) is 0 Å². The molecule has 0 saturated heterocycles. The second-order valence-electron chi connectivity index (χ2n) is 4.30. The number of hydrogen-bond donors (Lipinski definition) is 1.